The van der Waals surface area contributed by atoms with Gasteiger partial charge in [0.1, 0.15) is 0 Å². The number of carbonyl (C=O) groups excluding carboxylic acids is 1. The minimum absolute atomic E-state index is 0.0136. The fourth-order valence-corrected chi connectivity index (χ4v) is 2.06. The van der Waals surface area contributed by atoms with Crippen LogP contribution in [0.3, 0.4) is 0 Å². The number of nitrogens with one attached hydrogen (secondary N) is 1. The molecule has 2 rings (SSSR count). The zero-order valence-corrected chi connectivity index (χ0v) is 10.2. The largest absolute Gasteiger partial charge is 0.475 e. The van der Waals surface area contributed by atoms with Gasteiger partial charge < -0.3 is 14.9 Å². The number of carboxylic acids is 1. The number of rotatable bonds is 6. The molecular formula is C12H16N2O4. The second kappa shape index (κ2) is 4.80. The number of hydrogen-bond acceptors (Lipinski definition) is 4. The minimum Gasteiger partial charge on any atom is -0.475 e. The van der Waals surface area contributed by atoms with Gasteiger partial charge in [0.25, 0.3) is 5.91 Å². The van der Waals surface area contributed by atoms with E-state index in [1.807, 2.05) is 0 Å². The van der Waals surface area contributed by atoms with Crippen molar-refractivity contribution >= 4 is 11.9 Å². The SMILES string of the molecule is CCCC1(CNC(=O)c2cc(C(=O)O)on2)CC1. The number of nitrogens with zero attached hydrogens (tertiary/aromatic N) is 1. The third kappa shape index (κ3) is 2.69. The summed E-state index contributed by atoms with van der Waals surface area (Å²) in [5.74, 6) is -1.94. The zero-order chi connectivity index (χ0) is 13.2. The first kappa shape index (κ1) is 12.6. The smallest absolute Gasteiger partial charge is 0.374 e. The Hall–Kier alpha value is -1.85. The van der Waals surface area contributed by atoms with Crippen molar-refractivity contribution < 1.29 is 19.2 Å². The Labute approximate surface area is 104 Å². The van der Waals surface area contributed by atoms with Crippen molar-refractivity contribution in [2.45, 2.75) is 32.6 Å². The molecule has 0 aromatic carbocycles. The van der Waals surface area contributed by atoms with E-state index in [9.17, 15) is 9.59 Å². The average molecular weight is 252 g/mol. The van der Waals surface area contributed by atoms with Crippen LogP contribution in [0.5, 0.6) is 0 Å². The Morgan fingerprint density at radius 1 is 1.56 bits per heavy atom. The highest BCUT2D eigenvalue weighted by atomic mass is 16.5. The molecule has 6 heteroatoms. The lowest BCUT2D eigenvalue weighted by molar-refractivity contribution is 0.0651. The van der Waals surface area contributed by atoms with Crippen molar-refractivity contribution in [1.82, 2.24) is 10.5 Å². The maximum Gasteiger partial charge on any atom is 0.374 e. The molecule has 1 aliphatic rings. The van der Waals surface area contributed by atoms with Crippen LogP contribution in [0, 0.1) is 5.41 Å². The molecule has 2 N–H and O–H groups in total. The van der Waals surface area contributed by atoms with E-state index in [2.05, 4.69) is 21.9 Å². The Balaban J connectivity index is 1.89. The van der Waals surface area contributed by atoms with E-state index in [0.29, 0.717) is 6.54 Å². The van der Waals surface area contributed by atoms with Gasteiger partial charge in [0, 0.05) is 12.6 Å². The maximum absolute atomic E-state index is 11.7. The van der Waals surface area contributed by atoms with Crippen molar-refractivity contribution in [3.05, 3.63) is 17.5 Å². The third-order valence-corrected chi connectivity index (χ3v) is 3.31. The van der Waals surface area contributed by atoms with Crippen LogP contribution in [-0.4, -0.2) is 28.7 Å². The summed E-state index contributed by atoms with van der Waals surface area (Å²) in [7, 11) is 0. The molecule has 98 valence electrons. The topological polar surface area (TPSA) is 92.4 Å². The molecule has 0 bridgehead atoms. The number of aromatic carboxylic acids is 1. The fraction of sp³-hybridized carbons (Fsp3) is 0.583. The highest BCUT2D eigenvalue weighted by molar-refractivity contribution is 5.94. The maximum atomic E-state index is 11.7. The molecule has 6 nitrogen and oxygen atoms in total. The molecule has 0 saturated heterocycles. The van der Waals surface area contributed by atoms with Gasteiger partial charge in [-0.05, 0) is 24.7 Å². The van der Waals surface area contributed by atoms with E-state index in [1.165, 1.54) is 0 Å². The Morgan fingerprint density at radius 2 is 2.28 bits per heavy atom. The van der Waals surface area contributed by atoms with E-state index in [-0.39, 0.29) is 22.8 Å². The van der Waals surface area contributed by atoms with Gasteiger partial charge in [0.2, 0.25) is 5.76 Å². The quantitative estimate of drug-likeness (QED) is 0.803. The standard InChI is InChI=1S/C12H16N2O4/c1-2-3-12(4-5-12)7-13-10(15)8-6-9(11(16)17)18-14-8/h6H,2-5,7H2,1H3,(H,13,15)(H,16,17). The first-order valence-electron chi connectivity index (χ1n) is 6.04. The Bertz CT molecular complexity index is 462. The molecule has 0 radical (unpaired) electrons. The highest BCUT2D eigenvalue weighted by Crippen LogP contribution is 2.48. The van der Waals surface area contributed by atoms with Crippen LogP contribution in [0.2, 0.25) is 0 Å². The molecule has 1 aliphatic carbocycles. The van der Waals surface area contributed by atoms with Crippen LogP contribution in [0.4, 0.5) is 0 Å². The van der Waals surface area contributed by atoms with Crippen molar-refractivity contribution in [3.63, 3.8) is 0 Å². The number of carboxylic acid groups (broad SMARTS) is 1. The monoisotopic (exact) mass is 252 g/mol. The summed E-state index contributed by atoms with van der Waals surface area (Å²) in [5.41, 5.74) is 0.267. The van der Waals surface area contributed by atoms with Gasteiger partial charge in [0.05, 0.1) is 0 Å². The molecule has 1 saturated carbocycles. The molecule has 0 spiro atoms. The van der Waals surface area contributed by atoms with Gasteiger partial charge in [-0.25, -0.2) is 4.79 Å². The Morgan fingerprint density at radius 3 is 2.78 bits per heavy atom. The molecule has 0 aliphatic heterocycles. The van der Waals surface area contributed by atoms with Crippen LogP contribution >= 0.6 is 0 Å². The third-order valence-electron chi connectivity index (χ3n) is 3.31. The number of amides is 1. The van der Waals surface area contributed by atoms with Crippen LogP contribution < -0.4 is 5.32 Å². The van der Waals surface area contributed by atoms with Gasteiger partial charge in [-0.1, -0.05) is 18.5 Å². The fourth-order valence-electron chi connectivity index (χ4n) is 2.06. The summed E-state index contributed by atoms with van der Waals surface area (Å²) in [6, 6.07) is 1.14. The van der Waals surface area contributed by atoms with Gasteiger partial charge in [-0.2, -0.15) is 0 Å². The lowest BCUT2D eigenvalue weighted by atomic mass is 10.0. The number of carbonyl (C=O) groups is 2. The summed E-state index contributed by atoms with van der Waals surface area (Å²) in [4.78, 5) is 22.3. The van der Waals surface area contributed by atoms with Crippen LogP contribution in [0.1, 0.15) is 53.7 Å². The molecular weight excluding hydrogens is 236 g/mol. The highest BCUT2D eigenvalue weighted by Gasteiger charge is 2.41. The first-order chi connectivity index (χ1) is 8.56. The van der Waals surface area contributed by atoms with Crippen molar-refractivity contribution in [2.75, 3.05) is 6.54 Å². The van der Waals surface area contributed by atoms with Gasteiger partial charge in [-0.15, -0.1) is 0 Å². The second-order valence-electron chi connectivity index (χ2n) is 4.81. The summed E-state index contributed by atoms with van der Waals surface area (Å²) in [6.07, 6.45) is 4.48. The van der Waals surface area contributed by atoms with Gasteiger partial charge >= 0.3 is 5.97 Å². The summed E-state index contributed by atoms with van der Waals surface area (Å²) in [6.45, 7) is 2.74. The van der Waals surface area contributed by atoms with E-state index in [0.717, 1.165) is 31.7 Å². The predicted octanol–water partition coefficient (Wildman–Crippen LogP) is 1.68. The van der Waals surface area contributed by atoms with Gasteiger partial charge in [0.15, 0.2) is 5.69 Å². The summed E-state index contributed by atoms with van der Waals surface area (Å²) in [5, 5.41) is 14.9. The molecule has 18 heavy (non-hydrogen) atoms. The lowest BCUT2D eigenvalue weighted by Gasteiger charge is -2.13. The van der Waals surface area contributed by atoms with Crippen LogP contribution in [0.15, 0.2) is 10.6 Å². The Kier molecular flexibility index (Phi) is 3.36. The lowest BCUT2D eigenvalue weighted by Crippen LogP contribution is -2.30. The number of aromatic nitrogens is 1. The van der Waals surface area contributed by atoms with Crippen molar-refractivity contribution in [2.24, 2.45) is 5.41 Å². The number of hydrogen-bond donors (Lipinski definition) is 2. The van der Waals surface area contributed by atoms with Crippen LogP contribution in [-0.2, 0) is 0 Å². The summed E-state index contributed by atoms with van der Waals surface area (Å²) >= 11 is 0. The van der Waals surface area contributed by atoms with Crippen LogP contribution in [0.25, 0.3) is 0 Å². The molecule has 1 fully saturated rings. The van der Waals surface area contributed by atoms with Crippen molar-refractivity contribution in [1.29, 1.82) is 0 Å². The molecule has 1 heterocycles. The first-order valence-corrected chi connectivity index (χ1v) is 6.04. The van der Waals surface area contributed by atoms with Gasteiger partial charge in [-0.3, -0.25) is 4.79 Å². The molecule has 0 atom stereocenters. The van der Waals surface area contributed by atoms with E-state index in [4.69, 9.17) is 5.11 Å². The predicted molar refractivity (Wildman–Crippen MR) is 62.4 cm³/mol. The average Bonchev–Trinajstić information content (AvgIpc) is 2.92. The minimum atomic E-state index is -1.23. The molecule has 1 amide bonds. The van der Waals surface area contributed by atoms with E-state index < -0.39 is 5.97 Å². The molecule has 0 unspecified atom stereocenters. The second-order valence-corrected chi connectivity index (χ2v) is 4.81. The molecule has 1 aromatic heterocycles. The zero-order valence-electron chi connectivity index (χ0n) is 10.2. The van der Waals surface area contributed by atoms with E-state index >= 15 is 0 Å². The van der Waals surface area contributed by atoms with Crippen molar-refractivity contribution in [3.8, 4) is 0 Å². The van der Waals surface area contributed by atoms with E-state index in [1.54, 1.807) is 0 Å². The molecule has 1 aromatic rings. The normalized spacial score (nSPS) is 16.3. The summed E-state index contributed by atoms with van der Waals surface area (Å²) < 4.78 is 4.53.